The molecule has 0 unspecified atom stereocenters. The van der Waals surface area contributed by atoms with Crippen molar-refractivity contribution in [2.24, 2.45) is 7.05 Å². The normalized spacial score (nSPS) is 11.1. The summed E-state index contributed by atoms with van der Waals surface area (Å²) in [4.78, 5) is 4.36. The van der Waals surface area contributed by atoms with Gasteiger partial charge in [-0.3, -0.25) is 9.67 Å². The Morgan fingerprint density at radius 3 is 1.92 bits per heavy atom. The summed E-state index contributed by atoms with van der Waals surface area (Å²) < 4.78 is 1.71. The quantitative estimate of drug-likeness (QED) is 0.246. The summed E-state index contributed by atoms with van der Waals surface area (Å²) in [7, 11) is 1.88. The second kappa shape index (κ2) is 6.07. The number of fused-ring (bicyclic) bond motifs is 6. The van der Waals surface area contributed by atoms with Gasteiger partial charge in [0, 0.05) is 27.2 Å². The molecular weight excluding hydrogens is 486 g/mol. The number of aromatic nitrogens is 3. The van der Waals surface area contributed by atoms with E-state index >= 15 is 0 Å². The summed E-state index contributed by atoms with van der Waals surface area (Å²) in [5.41, 5.74) is 0.920. The van der Waals surface area contributed by atoms with Crippen LogP contribution in [0.25, 0.3) is 43.7 Å². The predicted octanol–water partition coefficient (Wildman–Crippen LogP) is 4.74. The van der Waals surface area contributed by atoms with Crippen molar-refractivity contribution < 1.29 is 20.1 Å². The summed E-state index contributed by atoms with van der Waals surface area (Å²) in [6.45, 7) is 0. The van der Waals surface area contributed by atoms with Crippen LogP contribution in [0.2, 0.25) is 0 Å². The van der Waals surface area contributed by atoms with Gasteiger partial charge in [-0.1, -0.05) is 64.7 Å². The Hall–Kier alpha value is -2.55. The van der Waals surface area contributed by atoms with Crippen LogP contribution >= 0.6 is 0 Å². The fourth-order valence-electron chi connectivity index (χ4n) is 3.43. The van der Waals surface area contributed by atoms with E-state index in [0.29, 0.717) is 5.82 Å². The van der Waals surface area contributed by atoms with E-state index in [2.05, 4.69) is 76.8 Å². The van der Waals surface area contributed by atoms with Gasteiger partial charge in [-0.05, 0) is 16.2 Å². The summed E-state index contributed by atoms with van der Waals surface area (Å²) >= 11 is 0. The maximum atomic E-state index is 4.40. The van der Waals surface area contributed by atoms with Crippen LogP contribution in [0, 0.1) is 6.07 Å². The molecule has 0 amide bonds. The largest absolute Gasteiger partial charge is 0.265 e. The minimum absolute atomic E-state index is 0. The molecule has 0 aliphatic rings. The van der Waals surface area contributed by atoms with Crippen molar-refractivity contribution in [1.29, 1.82) is 0 Å². The minimum atomic E-state index is 0. The monoisotopic (exact) mass is 501 g/mol. The third kappa shape index (κ3) is 2.46. The molecule has 0 saturated carbocycles. The van der Waals surface area contributed by atoms with E-state index in [1.165, 1.54) is 32.3 Å². The summed E-state index contributed by atoms with van der Waals surface area (Å²) in [6.07, 6.45) is 1.71. The first-order valence-corrected chi connectivity index (χ1v) is 7.92. The Balaban J connectivity index is 0.00000157. The molecule has 3 nitrogen and oxygen atoms in total. The number of rotatable bonds is 1. The van der Waals surface area contributed by atoms with Crippen molar-refractivity contribution in [2.75, 3.05) is 0 Å². The van der Waals surface area contributed by atoms with Crippen LogP contribution in [-0.4, -0.2) is 14.8 Å². The summed E-state index contributed by atoms with van der Waals surface area (Å²) in [5.74, 6) is 0.705. The second-order valence-corrected chi connectivity index (χ2v) is 6.01. The minimum Gasteiger partial charge on any atom is -0.265 e. The van der Waals surface area contributed by atoms with Gasteiger partial charge < -0.3 is 0 Å². The van der Waals surface area contributed by atoms with Crippen LogP contribution < -0.4 is 0 Å². The van der Waals surface area contributed by atoms with Gasteiger partial charge in [-0.15, -0.1) is 23.8 Å². The van der Waals surface area contributed by atoms with Crippen LogP contribution in [-0.2, 0) is 27.2 Å². The Morgan fingerprint density at radius 2 is 1.36 bits per heavy atom. The van der Waals surface area contributed by atoms with Gasteiger partial charge in [-0.25, -0.2) is 5.10 Å². The maximum absolute atomic E-state index is 4.40. The molecule has 0 aliphatic heterocycles. The topological polar surface area (TPSA) is 30.7 Å². The van der Waals surface area contributed by atoms with Gasteiger partial charge in [0.2, 0.25) is 0 Å². The Morgan fingerprint density at radius 1 is 0.800 bits per heavy atom. The van der Waals surface area contributed by atoms with E-state index < -0.39 is 0 Å². The van der Waals surface area contributed by atoms with Gasteiger partial charge in [-0.2, -0.15) is 0 Å². The molecule has 0 aliphatic carbocycles. The van der Waals surface area contributed by atoms with Crippen LogP contribution in [0.4, 0.5) is 0 Å². The molecule has 0 spiro atoms. The average Bonchev–Trinajstić information content (AvgIpc) is 3.08. The summed E-state index contributed by atoms with van der Waals surface area (Å²) in [6, 6.07) is 24.7. The number of nitrogens with zero attached hydrogens (tertiary/aromatic N) is 3. The third-order valence-electron chi connectivity index (χ3n) is 4.52. The second-order valence-electron chi connectivity index (χ2n) is 6.01. The molecular formula is C21H14IrN3-. The van der Waals surface area contributed by atoms with Crippen molar-refractivity contribution >= 4 is 32.3 Å². The van der Waals surface area contributed by atoms with Gasteiger partial charge in [0.05, 0.1) is 5.82 Å². The molecule has 0 bridgehead atoms. The number of aryl methyl sites for hydroxylation is 1. The molecule has 0 fully saturated rings. The average molecular weight is 501 g/mol. The molecule has 4 heteroatoms. The van der Waals surface area contributed by atoms with Gasteiger partial charge in [0.25, 0.3) is 0 Å². The fraction of sp³-hybridized carbons (Fsp3) is 0.0476. The van der Waals surface area contributed by atoms with Crippen molar-refractivity contribution in [1.82, 2.24) is 14.8 Å². The van der Waals surface area contributed by atoms with Gasteiger partial charge in [0.1, 0.15) is 6.33 Å². The molecule has 1 radical (unpaired) electrons. The molecule has 123 valence electrons. The van der Waals surface area contributed by atoms with Crippen LogP contribution in [0.1, 0.15) is 0 Å². The van der Waals surface area contributed by atoms with E-state index in [-0.39, 0.29) is 20.1 Å². The molecule has 5 aromatic rings. The van der Waals surface area contributed by atoms with E-state index in [1.807, 2.05) is 7.05 Å². The smallest absolute Gasteiger partial charge is 0.102 e. The molecule has 5 rings (SSSR count). The first-order chi connectivity index (χ1) is 11.8. The van der Waals surface area contributed by atoms with Crippen molar-refractivity contribution in [3.05, 3.63) is 73.1 Å². The first kappa shape index (κ1) is 15.9. The number of benzene rings is 4. The van der Waals surface area contributed by atoms with Crippen LogP contribution in [0.15, 0.2) is 67.0 Å². The van der Waals surface area contributed by atoms with E-state index in [0.717, 1.165) is 5.56 Å². The SMILES string of the molecule is Cn1cnc(-c2[c-]cc3c4ccccc4c4ccccc4c3c2)n1.[Ir]. The first-order valence-electron chi connectivity index (χ1n) is 7.92. The van der Waals surface area contributed by atoms with Crippen LogP contribution in [0.5, 0.6) is 0 Å². The van der Waals surface area contributed by atoms with E-state index in [1.54, 1.807) is 11.0 Å². The van der Waals surface area contributed by atoms with Crippen molar-refractivity contribution in [3.8, 4) is 11.4 Å². The Kier molecular flexibility index (Phi) is 3.87. The fourth-order valence-corrected chi connectivity index (χ4v) is 3.43. The maximum Gasteiger partial charge on any atom is 0.102 e. The van der Waals surface area contributed by atoms with Crippen molar-refractivity contribution in [3.63, 3.8) is 0 Å². The molecule has 0 saturated heterocycles. The zero-order valence-corrected chi connectivity index (χ0v) is 15.9. The number of hydrogen-bond donors (Lipinski definition) is 0. The standard InChI is InChI=1S/C21H14N3.Ir/c1-24-13-22-21(23-24)14-10-11-19-17-8-3-2-6-15(17)16-7-4-5-9-18(16)20(19)12-14;/h2-9,11-13H,1H3;/q-1;. The summed E-state index contributed by atoms with van der Waals surface area (Å²) in [5, 5.41) is 11.9. The van der Waals surface area contributed by atoms with Gasteiger partial charge in [0.15, 0.2) is 0 Å². The molecule has 25 heavy (non-hydrogen) atoms. The predicted molar refractivity (Wildman–Crippen MR) is 97.8 cm³/mol. The molecule has 1 heterocycles. The Labute approximate surface area is 158 Å². The number of hydrogen-bond acceptors (Lipinski definition) is 2. The molecule has 4 aromatic carbocycles. The van der Waals surface area contributed by atoms with Gasteiger partial charge >= 0.3 is 0 Å². The molecule has 0 N–H and O–H groups in total. The Bertz CT molecular complexity index is 1190. The molecule has 0 atom stereocenters. The molecule has 1 aromatic heterocycles. The van der Waals surface area contributed by atoms with Crippen LogP contribution in [0.3, 0.4) is 0 Å². The zero-order valence-electron chi connectivity index (χ0n) is 13.5. The zero-order chi connectivity index (χ0) is 16.1. The van der Waals surface area contributed by atoms with E-state index in [4.69, 9.17) is 0 Å². The van der Waals surface area contributed by atoms with E-state index in [9.17, 15) is 0 Å². The van der Waals surface area contributed by atoms with Crippen molar-refractivity contribution in [2.45, 2.75) is 0 Å². The third-order valence-corrected chi connectivity index (χ3v) is 4.52.